The fourth-order valence-corrected chi connectivity index (χ4v) is 9.12. The van der Waals surface area contributed by atoms with E-state index < -0.39 is 18.0 Å². The molecule has 16 nitrogen and oxygen atoms in total. The van der Waals surface area contributed by atoms with Crippen molar-refractivity contribution < 1.29 is 74.7 Å². The van der Waals surface area contributed by atoms with Crippen molar-refractivity contribution in [1.29, 1.82) is 0 Å². The summed E-state index contributed by atoms with van der Waals surface area (Å²) in [4.78, 5) is 40.5. The molecule has 0 unspecified atom stereocenters. The highest BCUT2D eigenvalue weighted by Gasteiger charge is 2.30. The number of fused-ring (bicyclic) bond motifs is 1. The van der Waals surface area contributed by atoms with Crippen LogP contribution in [-0.4, -0.2) is 127 Å². The number of hydrogen-bond donors (Lipinski definition) is 6. The third kappa shape index (κ3) is 76.0. The summed E-state index contributed by atoms with van der Waals surface area (Å²) in [5.74, 6) is 2.76. The number of carboxylic acid groups (broad SMARTS) is 1. The average Bonchev–Trinajstić information content (AvgIpc) is 1.59. The number of aliphatic hydroxyl groups excluding tert-OH is 1. The van der Waals surface area contributed by atoms with E-state index in [1.807, 2.05) is 85.9 Å². The predicted octanol–water partition coefficient (Wildman–Crippen LogP) is 24.4. The molecule has 0 bridgehead atoms. The van der Waals surface area contributed by atoms with E-state index in [9.17, 15) is 36.3 Å². The number of para-hydroxylation sites is 2. The van der Waals surface area contributed by atoms with Crippen molar-refractivity contribution in [1.82, 2.24) is 15.5 Å². The zero-order valence-electron chi connectivity index (χ0n) is 73.7. The van der Waals surface area contributed by atoms with Crippen LogP contribution in [0.4, 0.5) is 27.6 Å². The molecular weight excluding hydrogens is 1610 g/mol. The fourth-order valence-electron chi connectivity index (χ4n) is 9.12. The number of methoxy groups -OCH3 is 2. The number of benzene rings is 8. The van der Waals surface area contributed by atoms with Crippen LogP contribution in [0.1, 0.15) is 192 Å². The van der Waals surface area contributed by atoms with Crippen molar-refractivity contribution in [2.75, 3.05) is 86.2 Å². The minimum Gasteiger partial charge on any atom is -0.497 e. The number of nitrogens with two attached hydrogens (primary N) is 1. The summed E-state index contributed by atoms with van der Waals surface area (Å²) >= 11 is 0. The van der Waals surface area contributed by atoms with Crippen LogP contribution in [0.25, 0.3) is 11.0 Å². The number of morpholine rings is 1. The van der Waals surface area contributed by atoms with Gasteiger partial charge in [-0.3, -0.25) is 19.2 Å². The molecule has 3 aliphatic rings. The first-order valence-corrected chi connectivity index (χ1v) is 39.5. The Balaban J connectivity index is -0.000000227. The quantitative estimate of drug-likeness (QED) is 0.0403. The number of nitrogens with zero attached hydrogens (tertiary/aromatic N) is 1. The summed E-state index contributed by atoms with van der Waals surface area (Å²) < 4.78 is 81.7. The van der Waals surface area contributed by atoms with Crippen LogP contribution >= 0.6 is 29.4 Å². The van der Waals surface area contributed by atoms with Crippen molar-refractivity contribution >= 4 is 70.8 Å². The summed E-state index contributed by atoms with van der Waals surface area (Å²) in [6.45, 7) is 41.5. The molecule has 8 aromatic carbocycles. The molecule has 1 aromatic heterocycles. The summed E-state index contributed by atoms with van der Waals surface area (Å²) in [7, 11) is 6.02. The Kier molecular flexibility index (Phi) is 85.3. The van der Waals surface area contributed by atoms with Crippen molar-refractivity contribution in [2.45, 2.75) is 187 Å². The zero-order valence-corrected chi connectivity index (χ0v) is 76.3. The average molecular weight is 1760 g/mol. The van der Waals surface area contributed by atoms with Crippen molar-refractivity contribution in [2.24, 2.45) is 17.6 Å². The second kappa shape index (κ2) is 82.5. The van der Waals surface area contributed by atoms with Crippen molar-refractivity contribution in [3.8, 4) is 11.5 Å². The Hall–Kier alpha value is -9.16. The number of halogens is 7. The highest BCUT2D eigenvalue weighted by atomic mass is 79.9. The number of rotatable bonds is 11. The number of furan rings is 1. The third-order valence-corrected chi connectivity index (χ3v) is 15.4. The second-order valence-electron chi connectivity index (χ2n) is 27.7. The number of carbonyl (C=O) groups is 4. The Morgan fingerprint density at radius 2 is 1.06 bits per heavy atom. The number of amides is 2. The molecule has 119 heavy (non-hydrogen) atoms. The molecule has 670 valence electrons. The van der Waals surface area contributed by atoms with Crippen LogP contribution < -0.4 is 31.2 Å². The zero-order chi connectivity index (χ0) is 88.3. The lowest BCUT2D eigenvalue weighted by Gasteiger charge is -2.21. The van der Waals surface area contributed by atoms with Crippen LogP contribution in [0.3, 0.4) is 0 Å². The van der Waals surface area contributed by atoms with Crippen LogP contribution in [0, 0.1) is 51.2 Å². The standard InChI is InChI=1S/C11H17N.C11H16O.C9H12.C8H6O.C8H10.C7H5F3O.C6H4F2.C6H6.C5H9NO2.C5H11NO2.C5H12.C4H7NO.C4H9N.C4H10.CH2O2.CH4O.CH4.BrH.ClH/c2*1-8(2)11-6-5-10(12-4)7-9(11)3;1-8(2)9-6-4-3-5-7-9;1-2-4-8-7(3-1)5-6-9-8;1-7-4-3-5-8(2)6-7;8-7(9,10)11-6-4-2-1-3-5-6;7-5-3-1-2-4-6(5)8;1-2-4-6-5-3-1;7-5-6-1-3-8-4-2-6;1-8-5(7)3-2-4-6;1-4-5(2)3;6-4-2-1-3-5-4;1-2-4-5-3-1;1-4(2)3;2-1-3;1-2;;;/h5-8,12H,1-4H3;5-8H,1-4H3;3-8H,1-2H3;1-6H;3-6H,1-2H3;1-5H;1-4H;1-6H;5H,1-4H2;2-4,6H2,1H3;5H,4H2,1-3H3;1-3H2,(H,5,6);5H,1-4H2;4H,1-3H3;1H,(H,2,3);2H,1H3;1H4;2*1H. The van der Waals surface area contributed by atoms with Crippen LogP contribution in [0.5, 0.6) is 11.5 Å². The van der Waals surface area contributed by atoms with E-state index in [1.54, 1.807) is 24.3 Å². The maximum atomic E-state index is 11.9. The summed E-state index contributed by atoms with van der Waals surface area (Å²) in [5, 5.41) is 24.1. The lowest BCUT2D eigenvalue weighted by atomic mass is 9.98. The van der Waals surface area contributed by atoms with Gasteiger partial charge in [0.1, 0.15) is 17.1 Å². The molecule has 0 saturated carbocycles. The monoisotopic (exact) mass is 1750 g/mol. The highest BCUT2D eigenvalue weighted by molar-refractivity contribution is 8.93. The number of carbonyl (C=O) groups excluding carboxylic acids is 3. The third-order valence-electron chi connectivity index (χ3n) is 15.4. The molecular formula is C96H146BrClF5N5O11. The van der Waals surface area contributed by atoms with Gasteiger partial charge in [-0.05, 0) is 191 Å². The second-order valence-corrected chi connectivity index (χ2v) is 27.7. The maximum Gasteiger partial charge on any atom is 0.573 e. The van der Waals surface area contributed by atoms with E-state index in [2.05, 4.69) is 215 Å². The van der Waals surface area contributed by atoms with E-state index in [-0.39, 0.29) is 60.9 Å². The van der Waals surface area contributed by atoms with Gasteiger partial charge in [-0.15, -0.1) is 42.6 Å². The molecule has 0 aliphatic carbocycles. The van der Waals surface area contributed by atoms with E-state index in [4.69, 9.17) is 34.6 Å². The molecule has 3 saturated heterocycles. The topological polar surface area (TPSA) is 224 Å². The van der Waals surface area contributed by atoms with E-state index in [0.717, 1.165) is 86.7 Å². The van der Waals surface area contributed by atoms with E-state index in [0.29, 0.717) is 50.4 Å². The predicted molar refractivity (Wildman–Crippen MR) is 495 cm³/mol. The smallest absolute Gasteiger partial charge is 0.497 e. The summed E-state index contributed by atoms with van der Waals surface area (Å²) in [6.07, 6.45) is 4.97. The minimum atomic E-state index is -4.60. The fraction of sp³-hybridized carbons (Fsp3) is 0.438. The molecule has 2 amide bonds. The van der Waals surface area contributed by atoms with E-state index in [1.165, 1.54) is 120 Å². The van der Waals surface area contributed by atoms with Gasteiger partial charge in [-0.1, -0.05) is 260 Å². The number of hydrogen-bond acceptors (Lipinski definition) is 13. The number of ether oxygens (including phenoxy) is 4. The maximum absolute atomic E-state index is 11.9. The normalized spacial score (nSPS) is 11.2. The molecule has 7 N–H and O–H groups in total. The number of anilines is 1. The minimum absolute atomic E-state index is 0. The Labute approximate surface area is 728 Å². The number of aliphatic hydroxyl groups is 1. The summed E-state index contributed by atoms with van der Waals surface area (Å²) in [5.41, 5.74) is 16.9. The lowest BCUT2D eigenvalue weighted by Crippen LogP contribution is -2.34. The number of alkyl halides is 3. The van der Waals surface area contributed by atoms with E-state index >= 15 is 0 Å². The first kappa shape index (κ1) is 123. The SMILES string of the molecule is Br.C.C1CCNC1.CC(C)C.CC(C)c1ccccc1.CCC(C)C.CNc1ccc(C(C)C)c(C)c1.CO.COC(=O)CCCN.COc1ccc(C(C)C)c(C)c1.Cc1cccc(C)c1.Cl.FC(F)(F)Oc1ccccc1.Fc1ccccc1F.O=C1CCCN1.O=CN1CCOCC1.O=CO.c1ccc2occc2c1.c1ccccc1. The van der Waals surface area contributed by atoms with Crippen molar-refractivity contribution in [3.63, 3.8) is 0 Å². The molecule has 0 spiro atoms. The molecule has 0 radical (unpaired) electrons. The molecule has 3 fully saturated rings. The van der Waals surface area contributed by atoms with Gasteiger partial charge in [-0.2, -0.15) is 0 Å². The van der Waals surface area contributed by atoms with Crippen LogP contribution in [0.15, 0.2) is 223 Å². The van der Waals surface area contributed by atoms with Gasteiger partial charge in [-0.25, -0.2) is 8.78 Å². The van der Waals surface area contributed by atoms with Gasteiger partial charge in [0.15, 0.2) is 11.6 Å². The van der Waals surface area contributed by atoms with Crippen molar-refractivity contribution in [3.05, 3.63) is 269 Å². The molecule has 3 aliphatic heterocycles. The number of nitrogens with one attached hydrogen (secondary N) is 3. The van der Waals surface area contributed by atoms with Crippen LogP contribution in [-0.2, 0) is 28.7 Å². The first-order chi connectivity index (χ1) is 55.3. The molecule has 4 heterocycles. The van der Waals surface area contributed by atoms with Gasteiger partial charge < -0.3 is 60.2 Å². The largest absolute Gasteiger partial charge is 0.573 e. The first-order valence-electron chi connectivity index (χ1n) is 39.5. The van der Waals surface area contributed by atoms with Gasteiger partial charge in [0.25, 0.3) is 6.47 Å². The Morgan fingerprint density at radius 3 is 1.37 bits per heavy atom. The molecule has 9 aromatic rings. The van der Waals surface area contributed by atoms with Gasteiger partial charge in [0.2, 0.25) is 12.3 Å². The number of esters is 1. The van der Waals surface area contributed by atoms with Gasteiger partial charge in [0.05, 0.1) is 33.7 Å². The lowest BCUT2D eigenvalue weighted by molar-refractivity contribution is -0.274. The summed E-state index contributed by atoms with van der Waals surface area (Å²) in [6, 6.07) is 65.7. The van der Waals surface area contributed by atoms with Gasteiger partial charge in [0, 0.05) is 57.7 Å². The molecule has 12 rings (SSSR count). The van der Waals surface area contributed by atoms with Crippen LogP contribution in [0.2, 0.25) is 0 Å². The highest BCUT2D eigenvalue weighted by Crippen LogP contribution is 2.25. The Morgan fingerprint density at radius 1 is 0.613 bits per heavy atom. The molecule has 23 heteroatoms. The molecule has 0 atom stereocenters. The number of aryl methyl sites for hydroxylation is 4. The Bertz CT molecular complexity index is 3590. The van der Waals surface area contributed by atoms with Gasteiger partial charge >= 0.3 is 12.3 Å².